The minimum absolute atomic E-state index is 0.438. The first-order valence-corrected chi connectivity index (χ1v) is 6.56. The van der Waals surface area contributed by atoms with E-state index in [0.717, 1.165) is 18.2 Å². The van der Waals surface area contributed by atoms with Gasteiger partial charge in [-0.05, 0) is 22.6 Å². The lowest BCUT2D eigenvalue weighted by molar-refractivity contribution is -0.283. The normalized spacial score (nSPS) is 13.5. The average Bonchev–Trinajstić information content (AvgIpc) is 2.90. The van der Waals surface area contributed by atoms with Crippen LogP contribution < -0.4 is 0 Å². The molecule has 0 aliphatic heterocycles. The van der Waals surface area contributed by atoms with Gasteiger partial charge in [0.05, 0.1) is 0 Å². The van der Waals surface area contributed by atoms with Crippen molar-refractivity contribution < 1.29 is 18.3 Å². The molecule has 1 atom stereocenters. The summed E-state index contributed by atoms with van der Waals surface area (Å²) in [5, 5.41) is 1.84. The second kappa shape index (κ2) is 5.77. The van der Waals surface area contributed by atoms with Gasteiger partial charge in [-0.3, -0.25) is 0 Å². The third kappa shape index (κ3) is 3.00. The van der Waals surface area contributed by atoms with E-state index < -0.39 is 12.2 Å². The van der Waals surface area contributed by atoms with Gasteiger partial charge in [0.2, 0.25) is 0 Å². The maximum absolute atomic E-state index is 13.6. The predicted molar refractivity (Wildman–Crippen MR) is 71.5 cm³/mol. The molecule has 102 valence electrons. The van der Waals surface area contributed by atoms with E-state index in [9.17, 15) is 8.78 Å². The summed E-state index contributed by atoms with van der Waals surface area (Å²) in [6.07, 6.45) is -4.73. The van der Waals surface area contributed by atoms with Crippen molar-refractivity contribution in [2.24, 2.45) is 0 Å². The largest absolute Gasteiger partial charge is 0.386 e. The second-order valence-corrected chi connectivity index (χ2v) is 4.93. The Morgan fingerprint density at radius 2 is 1.79 bits per heavy atom. The van der Waals surface area contributed by atoms with Crippen LogP contribution in [0.5, 0.6) is 0 Å². The zero-order valence-electron chi connectivity index (χ0n) is 10.6. The molecule has 1 heterocycles. The van der Waals surface area contributed by atoms with Crippen molar-refractivity contribution in [2.75, 3.05) is 14.2 Å². The van der Waals surface area contributed by atoms with E-state index >= 15 is 0 Å². The summed E-state index contributed by atoms with van der Waals surface area (Å²) in [4.78, 5) is 0.438. The molecule has 0 saturated heterocycles. The summed E-state index contributed by atoms with van der Waals surface area (Å²) in [5.41, 5.74) is 1.88. The number of rotatable bonds is 5. The fourth-order valence-corrected chi connectivity index (χ4v) is 2.82. The van der Waals surface area contributed by atoms with Crippen molar-refractivity contribution in [3.8, 4) is 11.1 Å². The SMILES string of the molecule is COC(c1cc(-c2ccccc2)cs1)C(F)(F)OC. The van der Waals surface area contributed by atoms with Crippen LogP contribution in [-0.2, 0) is 9.47 Å². The van der Waals surface area contributed by atoms with E-state index in [1.165, 1.54) is 18.4 Å². The van der Waals surface area contributed by atoms with Crippen LogP contribution in [0.4, 0.5) is 8.78 Å². The molecular weight excluding hydrogens is 270 g/mol. The zero-order valence-corrected chi connectivity index (χ0v) is 11.4. The molecule has 1 unspecified atom stereocenters. The van der Waals surface area contributed by atoms with Crippen LogP contribution >= 0.6 is 11.3 Å². The standard InChI is InChI=1S/C14H14F2O2S/c1-17-13(14(15,16)18-2)12-8-11(9-19-12)10-6-4-3-5-7-10/h3-9,13H,1-2H3. The number of ether oxygens (including phenoxy) is 2. The van der Waals surface area contributed by atoms with Gasteiger partial charge in [-0.2, -0.15) is 8.78 Å². The Morgan fingerprint density at radius 1 is 1.11 bits per heavy atom. The monoisotopic (exact) mass is 284 g/mol. The number of alkyl halides is 2. The summed E-state index contributed by atoms with van der Waals surface area (Å²) in [5.74, 6) is 0. The van der Waals surface area contributed by atoms with Crippen molar-refractivity contribution in [1.29, 1.82) is 0 Å². The van der Waals surface area contributed by atoms with Crippen LogP contribution in [0.3, 0.4) is 0 Å². The molecule has 0 aliphatic carbocycles. The fourth-order valence-electron chi connectivity index (χ4n) is 1.80. The van der Waals surface area contributed by atoms with Crippen molar-refractivity contribution in [2.45, 2.75) is 12.2 Å². The van der Waals surface area contributed by atoms with E-state index in [2.05, 4.69) is 4.74 Å². The molecule has 19 heavy (non-hydrogen) atoms. The molecule has 0 bridgehead atoms. The molecule has 0 N–H and O–H groups in total. The molecule has 0 aliphatic rings. The molecule has 1 aromatic heterocycles. The number of methoxy groups -OCH3 is 2. The Bertz CT molecular complexity index is 525. The highest BCUT2D eigenvalue weighted by molar-refractivity contribution is 7.10. The van der Waals surface area contributed by atoms with E-state index in [-0.39, 0.29) is 0 Å². The lowest BCUT2D eigenvalue weighted by Crippen LogP contribution is -2.29. The van der Waals surface area contributed by atoms with E-state index in [1.807, 2.05) is 35.7 Å². The highest BCUT2D eigenvalue weighted by Crippen LogP contribution is 2.39. The maximum atomic E-state index is 13.6. The van der Waals surface area contributed by atoms with E-state index in [0.29, 0.717) is 4.88 Å². The highest BCUT2D eigenvalue weighted by atomic mass is 32.1. The average molecular weight is 284 g/mol. The minimum atomic E-state index is -3.34. The maximum Gasteiger partial charge on any atom is 0.386 e. The highest BCUT2D eigenvalue weighted by Gasteiger charge is 2.42. The predicted octanol–water partition coefficient (Wildman–Crippen LogP) is 4.34. The third-order valence-electron chi connectivity index (χ3n) is 2.80. The Hall–Kier alpha value is -1.30. The smallest absolute Gasteiger partial charge is 0.367 e. The Morgan fingerprint density at radius 3 is 2.37 bits per heavy atom. The van der Waals surface area contributed by atoms with E-state index in [4.69, 9.17) is 4.74 Å². The third-order valence-corrected chi connectivity index (χ3v) is 3.77. The first kappa shape index (κ1) is 14.1. The van der Waals surface area contributed by atoms with Crippen LogP contribution in [0, 0.1) is 0 Å². The minimum Gasteiger partial charge on any atom is -0.367 e. The summed E-state index contributed by atoms with van der Waals surface area (Å²) < 4.78 is 36.2. The number of hydrogen-bond acceptors (Lipinski definition) is 3. The molecule has 0 spiro atoms. The zero-order chi connectivity index (χ0) is 13.9. The molecule has 0 radical (unpaired) electrons. The van der Waals surface area contributed by atoms with Gasteiger partial charge in [0.15, 0.2) is 6.10 Å². The summed E-state index contributed by atoms with van der Waals surface area (Å²) >= 11 is 1.23. The Kier molecular flexibility index (Phi) is 4.29. The number of thiophene rings is 1. The molecule has 0 amide bonds. The molecule has 5 heteroatoms. The Labute approximate surface area is 114 Å². The van der Waals surface area contributed by atoms with Gasteiger partial charge >= 0.3 is 6.11 Å². The van der Waals surface area contributed by atoms with Gasteiger partial charge in [0.1, 0.15) is 0 Å². The van der Waals surface area contributed by atoms with Crippen molar-refractivity contribution >= 4 is 11.3 Å². The molecule has 0 fully saturated rings. The molecule has 1 aromatic carbocycles. The fraction of sp³-hybridized carbons (Fsp3) is 0.286. The van der Waals surface area contributed by atoms with Crippen molar-refractivity contribution in [3.05, 3.63) is 46.7 Å². The number of benzene rings is 1. The first-order chi connectivity index (χ1) is 9.08. The molecular formula is C14H14F2O2S. The van der Waals surface area contributed by atoms with Gasteiger partial charge in [-0.1, -0.05) is 30.3 Å². The molecule has 0 saturated carbocycles. The van der Waals surface area contributed by atoms with Crippen LogP contribution in [0.1, 0.15) is 11.0 Å². The van der Waals surface area contributed by atoms with Gasteiger partial charge in [-0.25, -0.2) is 0 Å². The van der Waals surface area contributed by atoms with Gasteiger partial charge in [0, 0.05) is 19.1 Å². The van der Waals surface area contributed by atoms with Crippen LogP contribution in [0.25, 0.3) is 11.1 Å². The first-order valence-electron chi connectivity index (χ1n) is 5.68. The van der Waals surface area contributed by atoms with Crippen LogP contribution in [0.15, 0.2) is 41.8 Å². The quantitative estimate of drug-likeness (QED) is 0.813. The molecule has 2 aromatic rings. The van der Waals surface area contributed by atoms with Gasteiger partial charge in [-0.15, -0.1) is 11.3 Å². The van der Waals surface area contributed by atoms with Crippen LogP contribution in [0.2, 0.25) is 0 Å². The molecule has 2 nitrogen and oxygen atoms in total. The second-order valence-electron chi connectivity index (χ2n) is 3.99. The van der Waals surface area contributed by atoms with Crippen molar-refractivity contribution in [1.82, 2.24) is 0 Å². The molecule has 2 rings (SSSR count). The summed E-state index contributed by atoms with van der Waals surface area (Å²) in [6.45, 7) is 0. The number of hydrogen-bond donors (Lipinski definition) is 0. The topological polar surface area (TPSA) is 18.5 Å². The van der Waals surface area contributed by atoms with Gasteiger partial charge < -0.3 is 9.47 Å². The number of halogens is 2. The lowest BCUT2D eigenvalue weighted by Gasteiger charge is -2.22. The van der Waals surface area contributed by atoms with Crippen LogP contribution in [-0.4, -0.2) is 20.3 Å². The summed E-state index contributed by atoms with van der Waals surface area (Å²) in [6, 6.07) is 11.3. The van der Waals surface area contributed by atoms with Crippen molar-refractivity contribution in [3.63, 3.8) is 0 Å². The van der Waals surface area contributed by atoms with E-state index in [1.54, 1.807) is 6.07 Å². The lowest BCUT2D eigenvalue weighted by atomic mass is 10.1. The summed E-state index contributed by atoms with van der Waals surface area (Å²) in [7, 11) is 2.22. The Balaban J connectivity index is 2.30. The van der Waals surface area contributed by atoms with Gasteiger partial charge in [0.25, 0.3) is 0 Å².